The van der Waals surface area contributed by atoms with Crippen LogP contribution in [0.3, 0.4) is 0 Å². The molecule has 21 heavy (non-hydrogen) atoms. The molecule has 1 aromatic rings. The molecule has 4 heteroatoms. The summed E-state index contributed by atoms with van der Waals surface area (Å²) in [6.07, 6.45) is 7.65. The standard InChI is InChI=1S/C17H26N2O2/c1-3-16(14-9-5-4-6-10-14)18-13(2)15-11-7-8-12-17(15)19(20)21/h7-8,11-14,16,18H,3-6,9-10H2,1-2H3. The summed E-state index contributed by atoms with van der Waals surface area (Å²) in [4.78, 5) is 10.9. The second-order valence-electron chi connectivity index (χ2n) is 6.12. The summed E-state index contributed by atoms with van der Waals surface area (Å²) in [6.45, 7) is 4.24. The predicted octanol–water partition coefficient (Wildman–Crippen LogP) is 4.60. The summed E-state index contributed by atoms with van der Waals surface area (Å²) in [5.41, 5.74) is 1.01. The van der Waals surface area contributed by atoms with Crippen molar-refractivity contribution < 1.29 is 4.92 Å². The highest BCUT2D eigenvalue weighted by molar-refractivity contribution is 5.41. The maximum atomic E-state index is 11.2. The van der Waals surface area contributed by atoms with Crippen molar-refractivity contribution in [3.05, 3.63) is 39.9 Å². The molecule has 0 heterocycles. The van der Waals surface area contributed by atoms with E-state index in [-0.39, 0.29) is 16.7 Å². The van der Waals surface area contributed by atoms with E-state index >= 15 is 0 Å². The molecule has 1 N–H and O–H groups in total. The lowest BCUT2D eigenvalue weighted by Crippen LogP contribution is -2.38. The Morgan fingerprint density at radius 2 is 1.95 bits per heavy atom. The van der Waals surface area contributed by atoms with Crippen LogP contribution in [0.25, 0.3) is 0 Å². The molecule has 1 fully saturated rings. The Hall–Kier alpha value is -1.42. The lowest BCUT2D eigenvalue weighted by Gasteiger charge is -2.32. The van der Waals surface area contributed by atoms with Crippen molar-refractivity contribution in [2.45, 2.75) is 64.5 Å². The van der Waals surface area contributed by atoms with Gasteiger partial charge >= 0.3 is 0 Å². The number of hydrogen-bond acceptors (Lipinski definition) is 3. The largest absolute Gasteiger partial charge is 0.307 e. The van der Waals surface area contributed by atoms with Crippen molar-refractivity contribution in [2.75, 3.05) is 0 Å². The van der Waals surface area contributed by atoms with Crippen molar-refractivity contribution in [2.24, 2.45) is 5.92 Å². The van der Waals surface area contributed by atoms with Gasteiger partial charge in [0.1, 0.15) is 0 Å². The third kappa shape index (κ3) is 4.03. The first kappa shape index (κ1) is 16.0. The first-order valence-corrected chi connectivity index (χ1v) is 8.12. The van der Waals surface area contributed by atoms with E-state index in [4.69, 9.17) is 0 Å². The van der Waals surface area contributed by atoms with Crippen LogP contribution < -0.4 is 5.32 Å². The van der Waals surface area contributed by atoms with Crippen molar-refractivity contribution in [1.82, 2.24) is 5.32 Å². The van der Waals surface area contributed by atoms with Gasteiger partial charge in [0.25, 0.3) is 5.69 Å². The van der Waals surface area contributed by atoms with Crippen LogP contribution in [0.1, 0.15) is 64.0 Å². The molecule has 116 valence electrons. The Labute approximate surface area is 127 Å². The van der Waals surface area contributed by atoms with E-state index in [9.17, 15) is 10.1 Å². The van der Waals surface area contributed by atoms with Crippen LogP contribution in [-0.2, 0) is 0 Å². The topological polar surface area (TPSA) is 55.2 Å². The van der Waals surface area contributed by atoms with Crippen LogP contribution in [0.2, 0.25) is 0 Å². The summed E-state index contributed by atoms with van der Waals surface area (Å²) in [5, 5.41) is 14.8. The molecule has 0 amide bonds. The minimum atomic E-state index is -0.283. The summed E-state index contributed by atoms with van der Waals surface area (Å²) in [5.74, 6) is 0.717. The fourth-order valence-electron chi connectivity index (χ4n) is 3.55. The third-order valence-electron chi connectivity index (χ3n) is 4.72. The molecule has 0 radical (unpaired) electrons. The van der Waals surface area contributed by atoms with Crippen LogP contribution in [-0.4, -0.2) is 11.0 Å². The lowest BCUT2D eigenvalue weighted by atomic mass is 9.82. The monoisotopic (exact) mass is 290 g/mol. The molecule has 1 aliphatic rings. The predicted molar refractivity (Wildman–Crippen MR) is 85.3 cm³/mol. The Morgan fingerprint density at radius 3 is 2.57 bits per heavy atom. The van der Waals surface area contributed by atoms with E-state index < -0.39 is 0 Å². The summed E-state index contributed by atoms with van der Waals surface area (Å²) in [6, 6.07) is 7.53. The minimum absolute atomic E-state index is 0.0125. The lowest BCUT2D eigenvalue weighted by molar-refractivity contribution is -0.385. The minimum Gasteiger partial charge on any atom is -0.307 e. The molecule has 0 spiro atoms. The maximum absolute atomic E-state index is 11.2. The summed E-state index contributed by atoms with van der Waals surface area (Å²) in [7, 11) is 0. The number of hydrogen-bond donors (Lipinski definition) is 1. The van der Waals surface area contributed by atoms with E-state index in [0.29, 0.717) is 12.0 Å². The fraction of sp³-hybridized carbons (Fsp3) is 0.647. The molecule has 2 unspecified atom stereocenters. The fourth-order valence-corrected chi connectivity index (χ4v) is 3.55. The van der Waals surface area contributed by atoms with Gasteiger partial charge in [0.05, 0.1) is 4.92 Å². The molecule has 0 saturated heterocycles. The number of nitro groups is 1. The smallest absolute Gasteiger partial charge is 0.274 e. The van der Waals surface area contributed by atoms with Gasteiger partial charge in [-0.3, -0.25) is 10.1 Å². The Balaban J connectivity index is 2.08. The van der Waals surface area contributed by atoms with Gasteiger partial charge < -0.3 is 5.32 Å². The second-order valence-corrected chi connectivity index (χ2v) is 6.12. The number of nitrogens with one attached hydrogen (secondary N) is 1. The third-order valence-corrected chi connectivity index (χ3v) is 4.72. The van der Waals surface area contributed by atoms with Crippen LogP contribution >= 0.6 is 0 Å². The van der Waals surface area contributed by atoms with Gasteiger partial charge in [-0.1, -0.05) is 44.4 Å². The SMILES string of the molecule is CCC(NC(C)c1ccccc1[N+](=O)[O-])C1CCCCC1. The molecule has 2 atom stereocenters. The quantitative estimate of drug-likeness (QED) is 0.615. The van der Waals surface area contributed by atoms with E-state index in [2.05, 4.69) is 12.2 Å². The number of benzene rings is 1. The normalized spacial score (nSPS) is 19.1. The highest BCUT2D eigenvalue weighted by Crippen LogP contribution is 2.30. The van der Waals surface area contributed by atoms with E-state index in [0.717, 1.165) is 12.0 Å². The first-order valence-electron chi connectivity index (χ1n) is 8.12. The van der Waals surface area contributed by atoms with Gasteiger partial charge in [-0.25, -0.2) is 0 Å². The molecular formula is C17H26N2O2. The van der Waals surface area contributed by atoms with Crippen LogP contribution in [0.4, 0.5) is 5.69 Å². The van der Waals surface area contributed by atoms with Crippen LogP contribution in [0.5, 0.6) is 0 Å². The second kappa shape index (κ2) is 7.55. The molecule has 2 rings (SSSR count). The summed E-state index contributed by atoms with van der Waals surface area (Å²) >= 11 is 0. The van der Waals surface area contributed by atoms with E-state index in [1.54, 1.807) is 12.1 Å². The van der Waals surface area contributed by atoms with Crippen molar-refractivity contribution in [1.29, 1.82) is 0 Å². The molecular weight excluding hydrogens is 264 g/mol. The molecule has 0 aliphatic heterocycles. The van der Waals surface area contributed by atoms with Crippen molar-refractivity contribution in [3.8, 4) is 0 Å². The van der Waals surface area contributed by atoms with E-state index in [1.165, 1.54) is 32.1 Å². The Kier molecular flexibility index (Phi) is 5.74. The van der Waals surface area contributed by atoms with Gasteiger partial charge in [0, 0.05) is 23.7 Å². The van der Waals surface area contributed by atoms with Gasteiger partial charge in [0.2, 0.25) is 0 Å². The highest BCUT2D eigenvalue weighted by Gasteiger charge is 2.26. The summed E-state index contributed by atoms with van der Waals surface area (Å²) < 4.78 is 0. The Morgan fingerprint density at radius 1 is 1.29 bits per heavy atom. The number of para-hydroxylation sites is 1. The first-order chi connectivity index (χ1) is 10.1. The maximum Gasteiger partial charge on any atom is 0.274 e. The van der Waals surface area contributed by atoms with Gasteiger partial charge in [-0.15, -0.1) is 0 Å². The average Bonchev–Trinajstić information content (AvgIpc) is 2.53. The highest BCUT2D eigenvalue weighted by atomic mass is 16.6. The van der Waals surface area contributed by atoms with Gasteiger partial charge in [-0.2, -0.15) is 0 Å². The molecule has 0 bridgehead atoms. The number of nitro benzene ring substituents is 1. The zero-order valence-electron chi connectivity index (χ0n) is 13.0. The zero-order chi connectivity index (χ0) is 15.2. The van der Waals surface area contributed by atoms with Crippen molar-refractivity contribution >= 4 is 5.69 Å². The van der Waals surface area contributed by atoms with Crippen LogP contribution in [0, 0.1) is 16.0 Å². The molecule has 1 saturated carbocycles. The average molecular weight is 290 g/mol. The van der Waals surface area contributed by atoms with Crippen LogP contribution in [0.15, 0.2) is 24.3 Å². The number of nitrogens with zero attached hydrogens (tertiary/aromatic N) is 1. The molecule has 4 nitrogen and oxygen atoms in total. The zero-order valence-corrected chi connectivity index (χ0v) is 13.0. The van der Waals surface area contributed by atoms with Crippen molar-refractivity contribution in [3.63, 3.8) is 0 Å². The Bertz CT molecular complexity index is 470. The molecule has 1 aliphatic carbocycles. The van der Waals surface area contributed by atoms with E-state index in [1.807, 2.05) is 19.1 Å². The van der Waals surface area contributed by atoms with Gasteiger partial charge in [-0.05, 0) is 32.1 Å². The van der Waals surface area contributed by atoms with Gasteiger partial charge in [0.15, 0.2) is 0 Å². The molecule has 1 aromatic carbocycles. The molecule has 0 aromatic heterocycles. The number of rotatable bonds is 6.